The molecule has 2 atom stereocenters. The summed E-state index contributed by atoms with van der Waals surface area (Å²) in [5.41, 5.74) is 10.3. The van der Waals surface area contributed by atoms with Crippen LogP contribution in [0.25, 0.3) is 0 Å². The van der Waals surface area contributed by atoms with E-state index in [1.165, 1.54) is 44.8 Å². The van der Waals surface area contributed by atoms with Gasteiger partial charge in [-0.05, 0) is 90.5 Å². The predicted molar refractivity (Wildman–Crippen MR) is 188 cm³/mol. The average Bonchev–Trinajstić information content (AvgIpc) is 3.21. The summed E-state index contributed by atoms with van der Waals surface area (Å²) in [7, 11) is 13.6. The molecule has 0 saturated heterocycles. The van der Waals surface area contributed by atoms with Crippen molar-refractivity contribution in [3.05, 3.63) is 76.7 Å². The summed E-state index contributed by atoms with van der Waals surface area (Å²) in [5, 5.41) is 0. The number of hydrogen-bond donors (Lipinski definition) is 0. The topological polar surface area (TPSA) is 6.48 Å². The van der Waals surface area contributed by atoms with Crippen molar-refractivity contribution in [2.45, 2.75) is 72.5 Å². The number of aryl methyl sites for hydroxylation is 4. The van der Waals surface area contributed by atoms with Crippen molar-refractivity contribution in [3.63, 3.8) is 0 Å². The molecule has 1 heterocycles. The molecular weight excluding hydrogens is 833 g/mol. The molecule has 0 amide bonds. The summed E-state index contributed by atoms with van der Waals surface area (Å²) in [6.45, 7) is 20.5. The molecule has 0 N–H and O–H groups in total. The fourth-order valence-corrected chi connectivity index (χ4v) is 10.4. The summed E-state index contributed by atoms with van der Waals surface area (Å²) in [6.07, 6.45) is 6.51. The zero-order valence-electron chi connectivity index (χ0n) is 23.0. The van der Waals surface area contributed by atoms with Gasteiger partial charge in [-0.15, -0.1) is 29.0 Å². The number of nitrogens with zero attached hydrogens (tertiary/aromatic N) is 2. The Bertz CT molecular complexity index is 998. The molecule has 2 unspecified atom stereocenters. The van der Waals surface area contributed by atoms with Crippen LogP contribution in [0.3, 0.4) is 0 Å². The van der Waals surface area contributed by atoms with E-state index in [9.17, 15) is 0 Å². The molecule has 2 nitrogen and oxygen atoms in total. The van der Waals surface area contributed by atoms with Crippen LogP contribution in [-0.2, 0) is 30.8 Å². The molecule has 1 aliphatic rings. The van der Waals surface area contributed by atoms with E-state index in [0.717, 1.165) is 12.5 Å². The molecule has 0 bridgehead atoms. The molecule has 0 spiro atoms. The summed E-state index contributed by atoms with van der Waals surface area (Å²) in [4.78, 5) is 4.54. The second kappa shape index (κ2) is 14.4. The second-order valence-corrected chi connectivity index (χ2v) is 19.8. The molecular formula is C27H37AgB2ClI2N2P2-. The molecule has 37 heavy (non-hydrogen) atoms. The number of hydrogen-bond acceptors (Lipinski definition) is 2. The molecule has 0 aliphatic carbocycles. The SMILES string of the molecule is [B]P(I)CC(C)(C)c1cc(C)c(N2C=CN(c3c(C)cc(C(C)(C)CB(P)I)cc3C)[CH-]2)c(C)c1.[Cl][Ag]. The number of anilines is 2. The van der Waals surface area contributed by atoms with Crippen LogP contribution >= 0.6 is 68.2 Å². The van der Waals surface area contributed by atoms with Crippen molar-refractivity contribution in [3.8, 4) is 0 Å². The first-order chi connectivity index (χ1) is 17.1. The van der Waals surface area contributed by atoms with Crippen LogP contribution in [-0.4, -0.2) is 18.0 Å². The number of benzene rings is 2. The quantitative estimate of drug-likeness (QED) is 0.113. The van der Waals surface area contributed by atoms with Crippen LogP contribution in [0, 0.1) is 34.4 Å². The van der Waals surface area contributed by atoms with Gasteiger partial charge in [0.15, 0.2) is 0 Å². The summed E-state index contributed by atoms with van der Waals surface area (Å²) in [6, 6.07) is 9.45. The van der Waals surface area contributed by atoms with E-state index in [0.29, 0.717) is 4.29 Å². The Labute approximate surface area is 273 Å². The molecule has 1 aliphatic heterocycles. The first kappa shape index (κ1) is 34.5. The van der Waals surface area contributed by atoms with E-state index in [-0.39, 0.29) is 10.8 Å². The van der Waals surface area contributed by atoms with Gasteiger partial charge in [0.05, 0.1) is 0 Å². The van der Waals surface area contributed by atoms with Crippen molar-refractivity contribution in [1.29, 1.82) is 0 Å². The van der Waals surface area contributed by atoms with Gasteiger partial charge in [-0.1, -0.05) is 85.8 Å². The van der Waals surface area contributed by atoms with Gasteiger partial charge in [0.1, 0.15) is 7.57 Å². The predicted octanol–water partition coefficient (Wildman–Crippen LogP) is 9.79. The monoisotopic (exact) mass is 869 g/mol. The Kier molecular flexibility index (Phi) is 13.4. The van der Waals surface area contributed by atoms with Crippen molar-refractivity contribution >= 4 is 91.4 Å². The van der Waals surface area contributed by atoms with E-state index in [1.807, 2.05) is 0 Å². The summed E-state index contributed by atoms with van der Waals surface area (Å²) >= 11 is 7.31. The van der Waals surface area contributed by atoms with Gasteiger partial charge in [-0.3, -0.25) is 0 Å². The van der Waals surface area contributed by atoms with Crippen molar-refractivity contribution in [2.24, 2.45) is 0 Å². The van der Waals surface area contributed by atoms with Crippen LogP contribution in [0.5, 0.6) is 0 Å². The van der Waals surface area contributed by atoms with Crippen LogP contribution in [0.1, 0.15) is 61.1 Å². The molecule has 10 heteroatoms. The molecule has 0 aromatic heterocycles. The third-order valence-electron chi connectivity index (χ3n) is 6.95. The standard InChI is InChI=1S/C27H37B2I2N2P2.Ag.ClH/c1-18-11-22(26(5,6)15-29(30)34)12-19(2)24(18)32-9-10-33(17-32)25-20(3)13-23(14-21(25)4)27(7,8)16-35(28)31;;/h9-14,17H,15-16,34H2,1-8H3;;1H/q-1;+1;/p-1. The Morgan fingerprint density at radius 1 is 0.892 bits per heavy atom. The van der Waals surface area contributed by atoms with Gasteiger partial charge >= 0.3 is 29.2 Å². The Morgan fingerprint density at radius 2 is 1.24 bits per heavy atom. The van der Waals surface area contributed by atoms with Crippen molar-refractivity contribution < 1.29 is 20.0 Å². The van der Waals surface area contributed by atoms with E-state index >= 15 is 0 Å². The van der Waals surface area contributed by atoms with Crippen LogP contribution in [0.15, 0.2) is 36.7 Å². The molecule has 0 fully saturated rings. The van der Waals surface area contributed by atoms with E-state index in [1.54, 1.807) is 0 Å². The number of rotatable bonds is 8. The Balaban J connectivity index is 0.00000235. The molecule has 0 saturated carbocycles. The van der Waals surface area contributed by atoms with Crippen LogP contribution < -0.4 is 9.80 Å². The zero-order chi connectivity index (χ0) is 28.3. The minimum atomic E-state index is -0.466. The van der Waals surface area contributed by atoms with Crippen molar-refractivity contribution in [2.75, 3.05) is 16.0 Å². The molecule has 2 radical (unpaired) electrons. The third-order valence-corrected chi connectivity index (χ3v) is 9.74. The van der Waals surface area contributed by atoms with Crippen LogP contribution in [0.4, 0.5) is 11.4 Å². The van der Waals surface area contributed by atoms with Gasteiger partial charge in [-0.2, -0.15) is 9.12 Å². The normalized spacial score (nSPS) is 14.5. The molecule has 2 aromatic carbocycles. The fraction of sp³-hybridized carbons (Fsp3) is 0.444. The second-order valence-electron chi connectivity index (χ2n) is 11.2. The van der Waals surface area contributed by atoms with Gasteiger partial charge in [0.2, 0.25) is 4.29 Å². The fourth-order valence-electron chi connectivity index (χ4n) is 5.20. The zero-order valence-corrected chi connectivity index (χ0v) is 31.6. The van der Waals surface area contributed by atoms with Crippen molar-refractivity contribution in [1.82, 2.24) is 0 Å². The van der Waals surface area contributed by atoms with Gasteiger partial charge in [-0.25, -0.2) is 0 Å². The summed E-state index contributed by atoms with van der Waals surface area (Å²) < 4.78 is 0.564. The first-order valence-corrected chi connectivity index (χ1v) is 20.3. The van der Waals surface area contributed by atoms with Crippen LogP contribution in [0.2, 0.25) is 6.32 Å². The molecule has 204 valence electrons. The molecule has 2 aromatic rings. The maximum atomic E-state index is 6.19. The Hall–Kier alpha value is 1.26. The van der Waals surface area contributed by atoms with E-state index < -0.39 is 5.44 Å². The van der Waals surface area contributed by atoms with Gasteiger partial charge in [0, 0.05) is 11.4 Å². The van der Waals surface area contributed by atoms with Gasteiger partial charge in [0.25, 0.3) is 0 Å². The van der Waals surface area contributed by atoms with E-state index in [4.69, 9.17) is 7.57 Å². The Morgan fingerprint density at radius 3 is 1.57 bits per heavy atom. The first-order valence-electron chi connectivity index (χ1n) is 12.1. The average molecular weight is 870 g/mol. The maximum absolute atomic E-state index is 6.19. The van der Waals surface area contributed by atoms with Gasteiger partial charge < -0.3 is 9.80 Å². The molecule has 3 rings (SSSR count). The summed E-state index contributed by atoms with van der Waals surface area (Å²) in [5.74, 6) is 0. The minimum absolute atomic E-state index is 0.0732. The number of halogens is 3. The third kappa shape index (κ3) is 8.87. The van der Waals surface area contributed by atoms with E-state index in [2.05, 4.69) is 191 Å².